The summed E-state index contributed by atoms with van der Waals surface area (Å²) in [5.74, 6) is -0.620. The second kappa shape index (κ2) is 9.08. The van der Waals surface area contributed by atoms with Crippen LogP contribution in [-0.2, 0) is 0 Å². The van der Waals surface area contributed by atoms with E-state index in [4.69, 9.17) is 0 Å². The van der Waals surface area contributed by atoms with Crippen molar-refractivity contribution in [1.29, 1.82) is 0 Å². The molecule has 2 heterocycles. The third-order valence-corrected chi connectivity index (χ3v) is 6.20. The van der Waals surface area contributed by atoms with E-state index in [1.165, 1.54) is 24.3 Å². The normalized spacial score (nSPS) is 14.7. The molecule has 1 saturated heterocycles. The van der Waals surface area contributed by atoms with Crippen LogP contribution in [0.15, 0.2) is 85.1 Å². The van der Waals surface area contributed by atoms with Gasteiger partial charge >= 0.3 is 0 Å². The molecular formula is C27H23F2N3O. The lowest BCUT2D eigenvalue weighted by atomic mass is 9.96. The second-order valence-corrected chi connectivity index (χ2v) is 8.21. The number of pyridine rings is 1. The van der Waals surface area contributed by atoms with Gasteiger partial charge in [0.2, 0.25) is 0 Å². The molecule has 1 amide bonds. The first-order chi connectivity index (χ1) is 16.1. The number of hydrogen-bond donors (Lipinski definition) is 0. The molecule has 0 radical (unpaired) electrons. The van der Waals surface area contributed by atoms with E-state index in [9.17, 15) is 13.6 Å². The highest BCUT2D eigenvalue weighted by Crippen LogP contribution is 2.30. The number of halogens is 2. The van der Waals surface area contributed by atoms with Crippen LogP contribution >= 0.6 is 0 Å². The third kappa shape index (κ3) is 4.34. The van der Waals surface area contributed by atoms with E-state index in [1.807, 2.05) is 35.2 Å². The number of rotatable bonds is 4. The highest BCUT2D eigenvalue weighted by atomic mass is 19.1. The number of piperazine rings is 1. The Balaban J connectivity index is 1.38. The summed E-state index contributed by atoms with van der Waals surface area (Å²) in [5.41, 5.74) is 3.18. The number of amides is 1. The van der Waals surface area contributed by atoms with E-state index >= 15 is 0 Å². The molecule has 0 aliphatic carbocycles. The molecule has 4 nitrogen and oxygen atoms in total. The molecule has 0 spiro atoms. The van der Waals surface area contributed by atoms with Crippen LogP contribution in [0.1, 0.15) is 27.5 Å². The predicted octanol–water partition coefficient (Wildman–Crippen LogP) is 5.06. The zero-order valence-corrected chi connectivity index (χ0v) is 18.0. The quantitative estimate of drug-likeness (QED) is 0.442. The van der Waals surface area contributed by atoms with Crippen molar-refractivity contribution in [3.8, 4) is 0 Å². The third-order valence-electron chi connectivity index (χ3n) is 6.20. The number of hydrogen-bond acceptors (Lipinski definition) is 3. The standard InChI is InChI=1S/C27H23F2N3O/c28-22-10-6-20(7-11-22)26(21-8-12-23(29)13-9-21)31-15-17-32(18-16-31)27(33)24-5-1-3-19-4-2-14-30-25(19)24/h1-14,26H,15-18H2. The first-order valence-electron chi connectivity index (χ1n) is 11.0. The second-order valence-electron chi connectivity index (χ2n) is 8.21. The first kappa shape index (κ1) is 21.2. The lowest BCUT2D eigenvalue weighted by molar-refractivity contribution is 0.0599. The maximum Gasteiger partial charge on any atom is 0.256 e. The van der Waals surface area contributed by atoms with Crippen LogP contribution in [0, 0.1) is 11.6 Å². The van der Waals surface area contributed by atoms with Crippen molar-refractivity contribution in [2.24, 2.45) is 0 Å². The molecule has 0 unspecified atom stereocenters. The fourth-order valence-electron chi connectivity index (χ4n) is 4.53. The molecule has 166 valence electrons. The number of aromatic nitrogens is 1. The van der Waals surface area contributed by atoms with E-state index < -0.39 is 0 Å². The van der Waals surface area contributed by atoms with Gasteiger partial charge in [-0.05, 0) is 47.5 Å². The van der Waals surface area contributed by atoms with Crippen LogP contribution < -0.4 is 0 Å². The smallest absolute Gasteiger partial charge is 0.256 e. The van der Waals surface area contributed by atoms with Gasteiger partial charge in [-0.25, -0.2) is 8.78 Å². The van der Waals surface area contributed by atoms with Crippen molar-refractivity contribution < 1.29 is 13.6 Å². The van der Waals surface area contributed by atoms with E-state index in [0.717, 1.165) is 16.5 Å². The van der Waals surface area contributed by atoms with Crippen molar-refractivity contribution in [1.82, 2.24) is 14.8 Å². The minimum absolute atomic E-state index is 0.0286. The summed E-state index contributed by atoms with van der Waals surface area (Å²) < 4.78 is 27.1. The Hall–Kier alpha value is -3.64. The molecule has 1 aliphatic heterocycles. The summed E-state index contributed by atoms with van der Waals surface area (Å²) in [5, 5.41) is 0.940. The van der Waals surface area contributed by atoms with E-state index in [0.29, 0.717) is 37.3 Å². The highest BCUT2D eigenvalue weighted by Gasteiger charge is 2.29. The predicted molar refractivity (Wildman–Crippen MR) is 124 cm³/mol. The van der Waals surface area contributed by atoms with Gasteiger partial charge in [0.05, 0.1) is 17.1 Å². The number of carbonyl (C=O) groups is 1. The molecule has 1 fully saturated rings. The minimum Gasteiger partial charge on any atom is -0.336 e. The summed E-state index contributed by atoms with van der Waals surface area (Å²) in [7, 11) is 0. The fourth-order valence-corrected chi connectivity index (χ4v) is 4.53. The van der Waals surface area contributed by atoms with Gasteiger partial charge in [0.1, 0.15) is 11.6 Å². The number of para-hydroxylation sites is 1. The molecule has 1 aromatic heterocycles. The molecule has 5 rings (SSSR count). The number of fused-ring (bicyclic) bond motifs is 1. The monoisotopic (exact) mass is 443 g/mol. The van der Waals surface area contributed by atoms with Gasteiger partial charge in [0.25, 0.3) is 5.91 Å². The van der Waals surface area contributed by atoms with Gasteiger partial charge in [0, 0.05) is 37.8 Å². The molecular weight excluding hydrogens is 420 g/mol. The fraction of sp³-hybridized carbons (Fsp3) is 0.185. The average molecular weight is 443 g/mol. The number of carbonyl (C=O) groups excluding carboxylic acids is 1. The molecule has 0 bridgehead atoms. The molecule has 0 atom stereocenters. The Morgan fingerprint density at radius 2 is 1.33 bits per heavy atom. The summed E-state index contributed by atoms with van der Waals surface area (Å²) in [6.45, 7) is 2.40. The van der Waals surface area contributed by atoms with Crippen molar-refractivity contribution in [2.45, 2.75) is 6.04 Å². The summed E-state index contributed by atoms with van der Waals surface area (Å²) in [6, 6.07) is 22.2. The highest BCUT2D eigenvalue weighted by molar-refractivity contribution is 6.05. The molecule has 4 aromatic rings. The molecule has 0 N–H and O–H groups in total. The Bertz CT molecular complexity index is 1220. The van der Waals surface area contributed by atoms with Gasteiger partial charge in [-0.15, -0.1) is 0 Å². The van der Waals surface area contributed by atoms with Crippen molar-refractivity contribution in [2.75, 3.05) is 26.2 Å². The van der Waals surface area contributed by atoms with Crippen LogP contribution in [0.3, 0.4) is 0 Å². The first-order valence-corrected chi connectivity index (χ1v) is 11.0. The molecule has 3 aromatic carbocycles. The Labute approximate surface area is 191 Å². The number of nitrogens with zero attached hydrogens (tertiary/aromatic N) is 3. The van der Waals surface area contributed by atoms with Crippen LogP contribution in [0.25, 0.3) is 10.9 Å². The summed E-state index contributed by atoms with van der Waals surface area (Å²) in [6.07, 6.45) is 1.70. The maximum atomic E-state index is 13.5. The topological polar surface area (TPSA) is 36.4 Å². The van der Waals surface area contributed by atoms with Gasteiger partial charge in [-0.3, -0.25) is 14.7 Å². The van der Waals surface area contributed by atoms with Gasteiger partial charge in [-0.1, -0.05) is 42.5 Å². The van der Waals surface area contributed by atoms with Crippen LogP contribution in [0.2, 0.25) is 0 Å². The Morgan fingerprint density at radius 1 is 0.758 bits per heavy atom. The largest absolute Gasteiger partial charge is 0.336 e. The zero-order valence-electron chi connectivity index (χ0n) is 18.0. The minimum atomic E-state index is -0.296. The van der Waals surface area contributed by atoms with Crippen LogP contribution in [-0.4, -0.2) is 46.9 Å². The summed E-state index contributed by atoms with van der Waals surface area (Å²) >= 11 is 0. The molecule has 6 heteroatoms. The zero-order chi connectivity index (χ0) is 22.8. The van der Waals surface area contributed by atoms with Crippen molar-refractivity contribution in [3.05, 3.63) is 113 Å². The maximum absolute atomic E-state index is 13.5. The number of benzene rings is 3. The average Bonchev–Trinajstić information content (AvgIpc) is 2.86. The van der Waals surface area contributed by atoms with Gasteiger partial charge < -0.3 is 4.90 Å². The van der Waals surface area contributed by atoms with Crippen LogP contribution in [0.5, 0.6) is 0 Å². The summed E-state index contributed by atoms with van der Waals surface area (Å²) in [4.78, 5) is 21.8. The Morgan fingerprint density at radius 3 is 1.94 bits per heavy atom. The van der Waals surface area contributed by atoms with E-state index in [-0.39, 0.29) is 23.6 Å². The lowest BCUT2D eigenvalue weighted by Crippen LogP contribution is -2.49. The van der Waals surface area contributed by atoms with E-state index in [2.05, 4.69) is 9.88 Å². The van der Waals surface area contributed by atoms with Crippen molar-refractivity contribution >= 4 is 16.8 Å². The van der Waals surface area contributed by atoms with Crippen molar-refractivity contribution in [3.63, 3.8) is 0 Å². The van der Waals surface area contributed by atoms with Gasteiger partial charge in [0.15, 0.2) is 0 Å². The SMILES string of the molecule is O=C(c1cccc2cccnc12)N1CCN(C(c2ccc(F)cc2)c2ccc(F)cc2)CC1. The molecule has 0 saturated carbocycles. The van der Waals surface area contributed by atoms with Crippen LogP contribution in [0.4, 0.5) is 8.78 Å². The molecule has 1 aliphatic rings. The van der Waals surface area contributed by atoms with E-state index in [1.54, 1.807) is 30.5 Å². The lowest BCUT2D eigenvalue weighted by Gasteiger charge is -2.40. The molecule has 33 heavy (non-hydrogen) atoms. The van der Waals surface area contributed by atoms with Gasteiger partial charge in [-0.2, -0.15) is 0 Å². The Kier molecular flexibility index (Phi) is 5.84.